The molecule has 1 fully saturated rings. The first-order chi connectivity index (χ1) is 14.9. The van der Waals surface area contributed by atoms with Gasteiger partial charge >= 0.3 is 0 Å². The Balaban J connectivity index is 1.60. The SMILES string of the molecule is COc1ccc(/C=N/N=C2\NC(=O)C(CC(=O)Nc3c(C)cccc3C)S2)cc1OC. The van der Waals surface area contributed by atoms with Gasteiger partial charge < -0.3 is 20.1 Å². The Labute approximate surface area is 185 Å². The predicted molar refractivity (Wildman–Crippen MR) is 123 cm³/mol. The normalized spacial score (nSPS) is 17.1. The van der Waals surface area contributed by atoms with Crippen LogP contribution in [0, 0.1) is 13.8 Å². The number of amidine groups is 1. The maximum atomic E-state index is 12.4. The number of thioether (sulfide) groups is 1. The fourth-order valence-electron chi connectivity index (χ4n) is 3.04. The molecule has 8 nitrogen and oxygen atoms in total. The van der Waals surface area contributed by atoms with Crippen LogP contribution in [0.15, 0.2) is 46.6 Å². The minimum absolute atomic E-state index is 0.0443. The van der Waals surface area contributed by atoms with E-state index in [-0.39, 0.29) is 18.2 Å². The van der Waals surface area contributed by atoms with Crippen molar-refractivity contribution in [2.75, 3.05) is 19.5 Å². The molecule has 31 heavy (non-hydrogen) atoms. The van der Waals surface area contributed by atoms with E-state index in [1.54, 1.807) is 32.6 Å². The third kappa shape index (κ3) is 5.64. The fraction of sp³-hybridized carbons (Fsp3) is 0.273. The lowest BCUT2D eigenvalue weighted by Gasteiger charge is -2.12. The number of carbonyl (C=O) groups is 2. The second-order valence-corrected chi connectivity index (χ2v) is 8.07. The average Bonchev–Trinajstić information content (AvgIpc) is 3.09. The molecule has 1 atom stereocenters. The number of para-hydroxylation sites is 1. The Kier molecular flexibility index (Phi) is 7.30. The number of anilines is 1. The van der Waals surface area contributed by atoms with Gasteiger partial charge in [-0.25, -0.2) is 0 Å². The molecule has 9 heteroatoms. The highest BCUT2D eigenvalue weighted by atomic mass is 32.2. The molecule has 1 saturated heterocycles. The number of ether oxygens (including phenoxy) is 2. The van der Waals surface area contributed by atoms with E-state index >= 15 is 0 Å². The van der Waals surface area contributed by atoms with Crippen molar-refractivity contribution >= 4 is 40.6 Å². The number of amides is 2. The zero-order valence-electron chi connectivity index (χ0n) is 17.8. The number of methoxy groups -OCH3 is 2. The summed E-state index contributed by atoms with van der Waals surface area (Å²) in [6.07, 6.45) is 1.59. The van der Waals surface area contributed by atoms with Crippen molar-refractivity contribution in [3.63, 3.8) is 0 Å². The lowest BCUT2D eigenvalue weighted by molar-refractivity contribution is -0.122. The molecular formula is C22H24N4O4S. The number of aryl methyl sites for hydroxylation is 2. The summed E-state index contributed by atoms with van der Waals surface area (Å²) in [5, 5.41) is 13.4. The third-order valence-corrected chi connectivity index (χ3v) is 5.73. The van der Waals surface area contributed by atoms with Gasteiger partial charge in [-0.1, -0.05) is 30.0 Å². The molecule has 3 rings (SSSR count). The van der Waals surface area contributed by atoms with E-state index in [0.29, 0.717) is 16.7 Å². The first-order valence-corrected chi connectivity index (χ1v) is 10.5. The maximum absolute atomic E-state index is 12.4. The van der Waals surface area contributed by atoms with Crippen LogP contribution < -0.4 is 20.1 Å². The third-order valence-electron chi connectivity index (χ3n) is 4.66. The van der Waals surface area contributed by atoms with Crippen molar-refractivity contribution < 1.29 is 19.1 Å². The summed E-state index contributed by atoms with van der Waals surface area (Å²) >= 11 is 1.18. The highest BCUT2D eigenvalue weighted by Gasteiger charge is 2.32. The number of nitrogens with one attached hydrogen (secondary N) is 2. The number of rotatable bonds is 7. The largest absolute Gasteiger partial charge is 0.493 e. The van der Waals surface area contributed by atoms with Crippen LogP contribution in [0.1, 0.15) is 23.1 Å². The summed E-state index contributed by atoms with van der Waals surface area (Å²) in [5.74, 6) is 0.714. The van der Waals surface area contributed by atoms with E-state index in [4.69, 9.17) is 9.47 Å². The summed E-state index contributed by atoms with van der Waals surface area (Å²) in [4.78, 5) is 24.7. The van der Waals surface area contributed by atoms with E-state index in [9.17, 15) is 9.59 Å². The van der Waals surface area contributed by atoms with Crippen LogP contribution in [0.4, 0.5) is 5.69 Å². The van der Waals surface area contributed by atoms with Crippen LogP contribution in [-0.2, 0) is 9.59 Å². The van der Waals surface area contributed by atoms with Crippen LogP contribution >= 0.6 is 11.8 Å². The minimum atomic E-state index is -0.556. The lowest BCUT2D eigenvalue weighted by atomic mass is 10.1. The molecule has 162 valence electrons. The molecule has 1 unspecified atom stereocenters. The second-order valence-electron chi connectivity index (χ2n) is 6.88. The Hall–Kier alpha value is -3.33. The summed E-state index contributed by atoms with van der Waals surface area (Å²) < 4.78 is 10.5. The van der Waals surface area contributed by atoms with Crippen molar-refractivity contribution in [2.45, 2.75) is 25.5 Å². The molecule has 2 N–H and O–H groups in total. The topological polar surface area (TPSA) is 101 Å². The van der Waals surface area contributed by atoms with Gasteiger partial charge in [-0.2, -0.15) is 5.10 Å². The average molecular weight is 441 g/mol. The highest BCUT2D eigenvalue weighted by molar-refractivity contribution is 8.15. The first-order valence-electron chi connectivity index (χ1n) is 9.58. The molecule has 0 aliphatic carbocycles. The number of nitrogens with zero attached hydrogens (tertiary/aromatic N) is 2. The Morgan fingerprint density at radius 1 is 1.16 bits per heavy atom. The summed E-state index contributed by atoms with van der Waals surface area (Å²) in [7, 11) is 3.12. The van der Waals surface area contributed by atoms with Crippen molar-refractivity contribution in [3.05, 3.63) is 53.1 Å². The van der Waals surface area contributed by atoms with Gasteiger partial charge in [0.05, 0.1) is 20.4 Å². The van der Waals surface area contributed by atoms with Crippen molar-refractivity contribution in [2.24, 2.45) is 10.2 Å². The van der Waals surface area contributed by atoms with Gasteiger partial charge in [0, 0.05) is 12.1 Å². The van der Waals surface area contributed by atoms with Gasteiger partial charge in [-0.05, 0) is 48.7 Å². The standard InChI is InChI=1S/C22H24N4O4S/c1-13-6-5-7-14(2)20(13)24-19(27)11-18-21(28)25-22(31-18)26-23-12-15-8-9-16(29-3)17(10-15)30-4/h5-10,12,18H,11H2,1-4H3,(H,24,27)(H,25,26,28)/b23-12+. The molecule has 0 bridgehead atoms. The van der Waals surface area contributed by atoms with Crippen molar-refractivity contribution in [3.8, 4) is 11.5 Å². The number of hydrogen-bond acceptors (Lipinski definition) is 7. The van der Waals surface area contributed by atoms with Crippen molar-refractivity contribution in [1.82, 2.24) is 5.32 Å². The summed E-state index contributed by atoms with van der Waals surface area (Å²) in [5.41, 5.74) is 3.50. The molecule has 2 amide bonds. The summed E-state index contributed by atoms with van der Waals surface area (Å²) in [6, 6.07) is 11.1. The molecule has 0 radical (unpaired) electrons. The fourth-order valence-corrected chi connectivity index (χ4v) is 3.96. The second kappa shape index (κ2) is 10.1. The van der Waals surface area contributed by atoms with E-state index in [2.05, 4.69) is 20.8 Å². The lowest BCUT2D eigenvalue weighted by Crippen LogP contribution is -2.28. The molecule has 0 saturated carbocycles. The van der Waals surface area contributed by atoms with Gasteiger partial charge in [0.25, 0.3) is 0 Å². The van der Waals surface area contributed by atoms with Gasteiger partial charge in [0.2, 0.25) is 11.8 Å². The monoisotopic (exact) mass is 440 g/mol. The van der Waals surface area contributed by atoms with E-state index < -0.39 is 5.25 Å². The quantitative estimate of drug-likeness (QED) is 0.508. The molecule has 2 aromatic rings. The highest BCUT2D eigenvalue weighted by Crippen LogP contribution is 2.27. The Morgan fingerprint density at radius 3 is 2.55 bits per heavy atom. The Morgan fingerprint density at radius 2 is 1.87 bits per heavy atom. The predicted octanol–water partition coefficient (Wildman–Crippen LogP) is 3.27. The maximum Gasteiger partial charge on any atom is 0.240 e. The van der Waals surface area contributed by atoms with E-state index in [1.807, 2.05) is 38.1 Å². The first kappa shape index (κ1) is 22.4. The molecule has 0 aromatic heterocycles. The molecule has 0 spiro atoms. The zero-order valence-corrected chi connectivity index (χ0v) is 18.6. The molecule has 1 heterocycles. The molecule has 2 aromatic carbocycles. The summed E-state index contributed by atoms with van der Waals surface area (Å²) in [6.45, 7) is 3.86. The molecule has 1 aliphatic heterocycles. The van der Waals surface area contributed by atoms with Crippen LogP contribution in [0.25, 0.3) is 0 Å². The molecular weight excluding hydrogens is 416 g/mol. The Bertz CT molecular complexity index is 1030. The van der Waals surface area contributed by atoms with Crippen LogP contribution in [0.3, 0.4) is 0 Å². The number of hydrogen-bond donors (Lipinski definition) is 2. The van der Waals surface area contributed by atoms with Gasteiger partial charge in [-0.15, -0.1) is 5.10 Å². The van der Waals surface area contributed by atoms with E-state index in [1.165, 1.54) is 11.8 Å². The minimum Gasteiger partial charge on any atom is -0.493 e. The van der Waals surface area contributed by atoms with Crippen LogP contribution in [0.5, 0.6) is 11.5 Å². The number of benzene rings is 2. The van der Waals surface area contributed by atoms with Gasteiger partial charge in [-0.3, -0.25) is 9.59 Å². The van der Waals surface area contributed by atoms with Gasteiger partial charge in [0.1, 0.15) is 5.25 Å². The zero-order chi connectivity index (χ0) is 22.4. The van der Waals surface area contributed by atoms with Crippen molar-refractivity contribution in [1.29, 1.82) is 0 Å². The van der Waals surface area contributed by atoms with E-state index in [0.717, 1.165) is 22.4 Å². The molecule has 1 aliphatic rings. The smallest absolute Gasteiger partial charge is 0.240 e. The van der Waals surface area contributed by atoms with Crippen LogP contribution in [-0.4, -0.2) is 42.7 Å². The van der Waals surface area contributed by atoms with Gasteiger partial charge in [0.15, 0.2) is 16.7 Å². The number of carbonyl (C=O) groups excluding carboxylic acids is 2. The van der Waals surface area contributed by atoms with Crippen LogP contribution in [0.2, 0.25) is 0 Å².